The number of hydrogen-bond donors (Lipinski definition) is 0. The van der Waals surface area contributed by atoms with Gasteiger partial charge < -0.3 is 0 Å². The van der Waals surface area contributed by atoms with E-state index in [9.17, 15) is 54.0 Å². The smallest absolute Gasteiger partial charge is 0.160 e. The third-order valence-corrected chi connectivity index (χ3v) is 21.1. The van der Waals surface area contributed by atoms with E-state index in [1.165, 1.54) is 0 Å². The first-order valence-electron chi connectivity index (χ1n) is 21.0. The molecule has 6 heterocycles. The molecule has 6 rings (SSSR count). The molecule has 348 valence electrons. The molecule has 8 unspecified atom stereocenters. The Hall–Kier alpha value is -1.08. The number of carbonyl (C=O) groups excluding carboxylic acids is 6. The number of sulfone groups is 2. The molecule has 0 bridgehead atoms. The second kappa shape index (κ2) is 26.0. The van der Waals surface area contributed by atoms with Crippen LogP contribution in [0.4, 0.5) is 0 Å². The number of ketones is 6. The highest BCUT2D eigenvalue weighted by atomic mass is 32.2. The van der Waals surface area contributed by atoms with E-state index in [1.54, 1.807) is 11.8 Å². The lowest BCUT2D eigenvalue weighted by molar-refractivity contribution is -0.121. The van der Waals surface area contributed by atoms with Gasteiger partial charge in [0.2, 0.25) is 0 Å². The normalized spacial score (nSPS) is 30.5. The van der Waals surface area contributed by atoms with E-state index in [-0.39, 0.29) is 75.7 Å². The van der Waals surface area contributed by atoms with Gasteiger partial charge in [0.05, 0.1) is 34.0 Å². The highest BCUT2D eigenvalue weighted by Gasteiger charge is 2.39. The molecule has 12 nitrogen and oxygen atoms in total. The standard InChI is InChI=1S/2C7H12O3S.2C7H12O2S.2C7H12OS/c1-5(2)6-3-11(9,10)4-7(6)8;1-5(2)7-3-6(8)4-11(7,9)10;1-5(2)6-3-10(9)4-7(6)8;1-5(2)7-3-6(8)4-10(7)9;1-5(2)6-3-9-4-7(6)8;1-5(2)7-3-6(8)4-9-7/h5-6H,3-4H2,1-2H3;5,7H,3-4H2,1-2H3;5-6H,3-4H2,1-2H3;5,7H,3-4H2,1-2H3;5-6H,3-4H2,1-2H3;5,7H,3-4H2,1-2H3. The van der Waals surface area contributed by atoms with Gasteiger partial charge in [-0.2, -0.15) is 11.8 Å². The lowest BCUT2D eigenvalue weighted by atomic mass is 9.95. The topological polar surface area (TPSA) is 205 Å². The van der Waals surface area contributed by atoms with Crippen LogP contribution in [-0.2, 0) is 70.0 Å². The van der Waals surface area contributed by atoms with Crippen LogP contribution in [0, 0.1) is 53.3 Å². The molecule has 0 aliphatic carbocycles. The van der Waals surface area contributed by atoms with E-state index < -0.39 is 46.5 Å². The quantitative estimate of drug-likeness (QED) is 0.333. The predicted molar refractivity (Wildman–Crippen MR) is 248 cm³/mol. The molecular weight excluding hydrogens is 889 g/mol. The van der Waals surface area contributed by atoms with Crippen molar-refractivity contribution >= 4 is 99.5 Å². The van der Waals surface area contributed by atoms with Crippen LogP contribution in [0.15, 0.2) is 0 Å². The van der Waals surface area contributed by atoms with Crippen molar-refractivity contribution in [1.82, 2.24) is 0 Å². The zero-order chi connectivity index (χ0) is 46.4. The number of thioether (sulfide) groups is 2. The fraction of sp³-hybridized carbons (Fsp3) is 0.857. The van der Waals surface area contributed by atoms with E-state index in [2.05, 4.69) is 27.7 Å². The molecule has 0 saturated carbocycles. The first kappa shape index (κ1) is 56.9. The number of Topliss-reactive ketones (excluding diaryl/α,β-unsaturated/α-hetero) is 6. The molecule has 0 aromatic rings. The van der Waals surface area contributed by atoms with Crippen molar-refractivity contribution in [3.8, 4) is 0 Å². The summed E-state index contributed by atoms with van der Waals surface area (Å²) in [5.41, 5.74) is 0. The molecule has 6 aliphatic heterocycles. The third-order valence-electron chi connectivity index (χ3n) is 11.1. The van der Waals surface area contributed by atoms with E-state index >= 15 is 0 Å². The van der Waals surface area contributed by atoms with Gasteiger partial charge in [0, 0.05) is 80.6 Å². The fourth-order valence-electron chi connectivity index (χ4n) is 7.09. The van der Waals surface area contributed by atoms with Crippen LogP contribution in [0.2, 0.25) is 0 Å². The van der Waals surface area contributed by atoms with Crippen LogP contribution >= 0.6 is 23.5 Å². The summed E-state index contributed by atoms with van der Waals surface area (Å²) >= 11 is 3.58. The maximum Gasteiger partial charge on any atom is 0.160 e. The zero-order valence-corrected chi connectivity index (χ0v) is 42.7. The number of hydrogen-bond acceptors (Lipinski definition) is 14. The Bertz CT molecular complexity index is 1730. The van der Waals surface area contributed by atoms with Crippen molar-refractivity contribution in [3.63, 3.8) is 0 Å². The third kappa shape index (κ3) is 19.8. The van der Waals surface area contributed by atoms with Crippen molar-refractivity contribution in [2.45, 2.75) is 118 Å². The van der Waals surface area contributed by atoms with E-state index in [1.807, 2.05) is 67.2 Å². The van der Waals surface area contributed by atoms with Crippen LogP contribution in [0.1, 0.15) is 102 Å². The summed E-state index contributed by atoms with van der Waals surface area (Å²) in [4.78, 5) is 65.4. The van der Waals surface area contributed by atoms with Crippen molar-refractivity contribution in [3.05, 3.63) is 0 Å². The van der Waals surface area contributed by atoms with Gasteiger partial charge in [0.1, 0.15) is 40.4 Å². The van der Waals surface area contributed by atoms with Gasteiger partial charge in [-0.15, -0.1) is 11.8 Å². The van der Waals surface area contributed by atoms with Crippen LogP contribution in [0.25, 0.3) is 0 Å². The Morgan fingerprint density at radius 3 is 1.32 bits per heavy atom. The molecule has 6 fully saturated rings. The van der Waals surface area contributed by atoms with Crippen LogP contribution < -0.4 is 0 Å². The van der Waals surface area contributed by atoms with E-state index in [4.69, 9.17) is 0 Å². The number of rotatable bonds is 6. The molecule has 0 amide bonds. The van der Waals surface area contributed by atoms with Crippen LogP contribution in [0.3, 0.4) is 0 Å². The van der Waals surface area contributed by atoms with Crippen LogP contribution in [-0.4, -0.2) is 127 Å². The number of carbonyl (C=O) groups is 6. The van der Waals surface area contributed by atoms with E-state index in [0.717, 1.165) is 23.7 Å². The average molecular weight is 961 g/mol. The first-order chi connectivity index (χ1) is 27.5. The largest absolute Gasteiger partial charge is 0.299 e. The summed E-state index contributed by atoms with van der Waals surface area (Å²) < 4.78 is 66.2. The molecule has 8 atom stereocenters. The van der Waals surface area contributed by atoms with Crippen molar-refractivity contribution in [2.24, 2.45) is 53.3 Å². The lowest BCUT2D eigenvalue weighted by Crippen LogP contribution is -2.21. The predicted octanol–water partition coefficient (Wildman–Crippen LogP) is 5.27. The molecule has 60 heavy (non-hydrogen) atoms. The van der Waals surface area contributed by atoms with Gasteiger partial charge in [-0.3, -0.25) is 37.2 Å². The molecule has 0 aromatic heterocycles. The van der Waals surface area contributed by atoms with Crippen molar-refractivity contribution < 1.29 is 54.0 Å². The summed E-state index contributed by atoms with van der Waals surface area (Å²) in [6, 6.07) is 0. The molecule has 6 saturated heterocycles. The minimum absolute atomic E-state index is 0.0590. The molecule has 0 spiro atoms. The van der Waals surface area contributed by atoms with Crippen molar-refractivity contribution in [1.29, 1.82) is 0 Å². The lowest BCUT2D eigenvalue weighted by Gasteiger charge is -2.10. The summed E-state index contributed by atoms with van der Waals surface area (Å²) in [5.74, 6) is 6.66. The second-order valence-electron chi connectivity index (χ2n) is 18.5. The summed E-state index contributed by atoms with van der Waals surface area (Å²) in [7, 11) is -7.85. The van der Waals surface area contributed by atoms with E-state index in [0.29, 0.717) is 70.1 Å². The van der Waals surface area contributed by atoms with Gasteiger partial charge in [-0.05, 0) is 35.5 Å². The maximum absolute atomic E-state index is 11.2. The van der Waals surface area contributed by atoms with Crippen LogP contribution in [0.5, 0.6) is 0 Å². The highest BCUT2D eigenvalue weighted by molar-refractivity contribution is 8.01. The second-order valence-corrected chi connectivity index (χ2v) is 28.2. The Morgan fingerprint density at radius 1 is 0.550 bits per heavy atom. The van der Waals surface area contributed by atoms with Gasteiger partial charge in [0.25, 0.3) is 0 Å². The highest BCUT2D eigenvalue weighted by Crippen LogP contribution is 2.30. The fourth-order valence-corrected chi connectivity index (χ4v) is 16.8. The van der Waals surface area contributed by atoms with Crippen molar-refractivity contribution in [2.75, 3.05) is 51.8 Å². The van der Waals surface area contributed by atoms with Gasteiger partial charge in [0.15, 0.2) is 25.5 Å². The molecule has 18 heteroatoms. The summed E-state index contributed by atoms with van der Waals surface area (Å²) in [6.07, 6.45) is 1.56. The molecular formula is C42H72O12S6. The Balaban J connectivity index is 0.000000361. The monoisotopic (exact) mass is 960 g/mol. The molecule has 0 N–H and O–H groups in total. The molecule has 0 radical (unpaired) electrons. The first-order valence-corrected chi connectivity index (χ1v) is 29.6. The molecule has 6 aliphatic rings. The van der Waals surface area contributed by atoms with Gasteiger partial charge >= 0.3 is 0 Å². The Kier molecular flexibility index (Phi) is 24.7. The summed E-state index contributed by atoms with van der Waals surface area (Å²) in [6.45, 7) is 24.1. The Morgan fingerprint density at radius 2 is 1.12 bits per heavy atom. The van der Waals surface area contributed by atoms with Gasteiger partial charge in [-0.25, -0.2) is 16.8 Å². The summed E-state index contributed by atoms with van der Waals surface area (Å²) in [5, 5.41) is 0.319. The van der Waals surface area contributed by atoms with Gasteiger partial charge in [-0.1, -0.05) is 83.1 Å². The maximum atomic E-state index is 11.2. The SMILES string of the molecule is CC(C)C1CC(=O)CS1.CC(C)C1CC(=O)CS1(=O)=O.CC(C)C1CC(=O)CS1=O.CC(C)C1CS(=O)(=O)CC1=O.CC(C)C1CS(=O)CC1=O.CC(C)C1CSCC1=O. The minimum Gasteiger partial charge on any atom is -0.299 e. The molecule has 0 aromatic carbocycles. The Labute approximate surface area is 374 Å². The zero-order valence-electron chi connectivity index (χ0n) is 37.8. The minimum atomic E-state index is -3.09. The average Bonchev–Trinajstić information content (AvgIpc) is 3.95.